The van der Waals surface area contributed by atoms with Crippen molar-refractivity contribution in [2.24, 2.45) is 5.92 Å². The van der Waals surface area contributed by atoms with Gasteiger partial charge in [0.2, 0.25) is 5.91 Å². The fourth-order valence-corrected chi connectivity index (χ4v) is 2.87. The van der Waals surface area contributed by atoms with Crippen LogP contribution in [0.25, 0.3) is 0 Å². The summed E-state index contributed by atoms with van der Waals surface area (Å²) < 4.78 is 5.62. The molecule has 1 aromatic carbocycles. The second-order valence-electron chi connectivity index (χ2n) is 6.08. The molecule has 126 valence electrons. The molecule has 1 aromatic rings. The summed E-state index contributed by atoms with van der Waals surface area (Å²) in [5.74, 6) is 1.58. The van der Waals surface area contributed by atoms with Gasteiger partial charge in [0.1, 0.15) is 5.75 Å². The Balaban J connectivity index is 1.65. The number of benzene rings is 1. The first-order valence-electron chi connectivity index (χ1n) is 8.26. The van der Waals surface area contributed by atoms with Crippen LogP contribution in [0.2, 0.25) is 0 Å². The zero-order chi connectivity index (χ0) is 16.7. The number of hydrogen-bond donors (Lipinski definition) is 1. The Morgan fingerprint density at radius 3 is 2.70 bits per heavy atom. The number of ketones is 1. The van der Waals surface area contributed by atoms with Crippen molar-refractivity contribution in [1.82, 2.24) is 10.2 Å². The number of hydrogen-bond acceptors (Lipinski definition) is 4. The van der Waals surface area contributed by atoms with Crippen molar-refractivity contribution in [2.75, 3.05) is 33.3 Å². The first-order valence-corrected chi connectivity index (χ1v) is 8.26. The van der Waals surface area contributed by atoms with Crippen molar-refractivity contribution in [2.45, 2.75) is 26.2 Å². The van der Waals surface area contributed by atoms with Crippen molar-refractivity contribution >= 4 is 11.7 Å². The van der Waals surface area contributed by atoms with Crippen LogP contribution in [0.3, 0.4) is 0 Å². The van der Waals surface area contributed by atoms with E-state index in [4.69, 9.17) is 4.74 Å². The molecule has 0 bridgehead atoms. The normalized spacial score (nSPS) is 17.3. The topological polar surface area (TPSA) is 58.6 Å². The van der Waals surface area contributed by atoms with Crippen LogP contribution in [0.1, 0.15) is 36.5 Å². The van der Waals surface area contributed by atoms with E-state index in [1.807, 2.05) is 11.9 Å². The molecule has 1 amide bonds. The SMILES string of the molecule is CNCC1CCN(C(=O)CCCOc2ccc(C(C)=O)cc2)C1. The van der Waals surface area contributed by atoms with Crippen molar-refractivity contribution < 1.29 is 14.3 Å². The Morgan fingerprint density at radius 1 is 1.30 bits per heavy atom. The second kappa shape index (κ2) is 8.67. The first-order chi connectivity index (χ1) is 11.1. The summed E-state index contributed by atoms with van der Waals surface area (Å²) in [6.45, 7) is 4.77. The molecule has 5 nitrogen and oxygen atoms in total. The lowest BCUT2D eigenvalue weighted by molar-refractivity contribution is -0.130. The number of carbonyl (C=O) groups excluding carboxylic acids is 2. The molecule has 1 atom stereocenters. The predicted molar refractivity (Wildman–Crippen MR) is 89.8 cm³/mol. The van der Waals surface area contributed by atoms with E-state index in [1.54, 1.807) is 31.2 Å². The van der Waals surface area contributed by atoms with Gasteiger partial charge in [-0.15, -0.1) is 0 Å². The highest BCUT2D eigenvalue weighted by Crippen LogP contribution is 2.17. The van der Waals surface area contributed by atoms with Gasteiger partial charge in [0, 0.05) is 25.1 Å². The van der Waals surface area contributed by atoms with Gasteiger partial charge < -0.3 is 15.0 Å². The fourth-order valence-electron chi connectivity index (χ4n) is 2.87. The van der Waals surface area contributed by atoms with Crippen LogP contribution >= 0.6 is 0 Å². The third-order valence-electron chi connectivity index (χ3n) is 4.20. The van der Waals surface area contributed by atoms with Crippen LogP contribution in [0, 0.1) is 5.92 Å². The lowest BCUT2D eigenvalue weighted by Gasteiger charge is -2.16. The van der Waals surface area contributed by atoms with E-state index in [0.29, 0.717) is 30.9 Å². The smallest absolute Gasteiger partial charge is 0.222 e. The van der Waals surface area contributed by atoms with Gasteiger partial charge in [-0.1, -0.05) is 0 Å². The zero-order valence-corrected chi connectivity index (χ0v) is 14.0. The third kappa shape index (κ3) is 5.36. The van der Waals surface area contributed by atoms with Crippen molar-refractivity contribution in [3.05, 3.63) is 29.8 Å². The predicted octanol–water partition coefficient (Wildman–Crippen LogP) is 2.12. The molecule has 5 heteroatoms. The van der Waals surface area contributed by atoms with Gasteiger partial charge in [-0.25, -0.2) is 0 Å². The minimum absolute atomic E-state index is 0.0457. The number of carbonyl (C=O) groups is 2. The molecule has 1 aliphatic rings. The van der Waals surface area contributed by atoms with Crippen LogP contribution in [-0.2, 0) is 4.79 Å². The van der Waals surface area contributed by atoms with Gasteiger partial charge in [-0.05, 0) is 63.5 Å². The Labute approximate surface area is 138 Å². The number of nitrogens with one attached hydrogen (secondary N) is 1. The number of rotatable bonds is 8. The first kappa shape index (κ1) is 17.5. The third-order valence-corrected chi connectivity index (χ3v) is 4.20. The molecule has 0 aliphatic carbocycles. The standard InChI is InChI=1S/C18H26N2O3/c1-14(21)16-5-7-17(8-6-16)23-11-3-4-18(22)20-10-9-15(13-20)12-19-2/h5-8,15,19H,3-4,9-13H2,1-2H3. The Hall–Kier alpha value is -1.88. The highest BCUT2D eigenvalue weighted by molar-refractivity contribution is 5.94. The summed E-state index contributed by atoms with van der Waals surface area (Å²) in [4.78, 5) is 25.3. The van der Waals surface area contributed by atoms with E-state index in [2.05, 4.69) is 5.32 Å². The van der Waals surface area contributed by atoms with Gasteiger partial charge in [0.05, 0.1) is 6.61 Å². The Kier molecular flexibility index (Phi) is 6.59. The molecule has 0 spiro atoms. The second-order valence-corrected chi connectivity index (χ2v) is 6.08. The number of likely N-dealkylation sites (tertiary alicyclic amines) is 1. The molecule has 0 saturated carbocycles. The van der Waals surface area contributed by atoms with Crippen molar-refractivity contribution in [3.63, 3.8) is 0 Å². The molecule has 1 saturated heterocycles. The van der Waals surface area contributed by atoms with Gasteiger partial charge >= 0.3 is 0 Å². The maximum atomic E-state index is 12.1. The highest BCUT2D eigenvalue weighted by Gasteiger charge is 2.25. The molecule has 23 heavy (non-hydrogen) atoms. The maximum absolute atomic E-state index is 12.1. The summed E-state index contributed by atoms with van der Waals surface area (Å²) in [6.07, 6.45) is 2.32. The lowest BCUT2D eigenvalue weighted by atomic mass is 10.1. The van der Waals surface area contributed by atoms with Crippen LogP contribution in [0.5, 0.6) is 5.75 Å². The molecule has 1 N–H and O–H groups in total. The highest BCUT2D eigenvalue weighted by atomic mass is 16.5. The molecular weight excluding hydrogens is 292 g/mol. The average Bonchev–Trinajstić information content (AvgIpc) is 3.01. The van der Waals surface area contributed by atoms with E-state index >= 15 is 0 Å². The molecule has 1 aliphatic heterocycles. The quantitative estimate of drug-likeness (QED) is 0.589. The van der Waals surface area contributed by atoms with Crippen LogP contribution in [-0.4, -0.2) is 49.9 Å². The molecule has 1 heterocycles. The molecule has 0 radical (unpaired) electrons. The van der Waals surface area contributed by atoms with Crippen LogP contribution < -0.4 is 10.1 Å². The number of ether oxygens (including phenoxy) is 1. The zero-order valence-electron chi connectivity index (χ0n) is 14.0. The largest absolute Gasteiger partial charge is 0.494 e. The number of nitrogens with zero attached hydrogens (tertiary/aromatic N) is 1. The van der Waals surface area contributed by atoms with Gasteiger partial charge in [-0.2, -0.15) is 0 Å². The summed E-state index contributed by atoms with van der Waals surface area (Å²) in [7, 11) is 1.95. The van der Waals surface area contributed by atoms with E-state index in [1.165, 1.54) is 0 Å². The Morgan fingerprint density at radius 2 is 2.04 bits per heavy atom. The molecular formula is C18H26N2O3. The average molecular weight is 318 g/mol. The number of Topliss-reactive ketones (excluding diaryl/α,β-unsaturated/α-hetero) is 1. The van der Waals surface area contributed by atoms with Crippen LogP contribution in [0.15, 0.2) is 24.3 Å². The summed E-state index contributed by atoms with van der Waals surface area (Å²) in [5, 5.41) is 3.17. The van der Waals surface area contributed by atoms with Crippen LogP contribution in [0.4, 0.5) is 0 Å². The maximum Gasteiger partial charge on any atom is 0.222 e. The molecule has 2 rings (SSSR count). The van der Waals surface area contributed by atoms with E-state index < -0.39 is 0 Å². The van der Waals surface area contributed by atoms with Gasteiger partial charge in [0.15, 0.2) is 5.78 Å². The lowest BCUT2D eigenvalue weighted by Crippen LogP contribution is -2.30. The minimum Gasteiger partial charge on any atom is -0.494 e. The van der Waals surface area contributed by atoms with Crippen molar-refractivity contribution in [3.8, 4) is 5.75 Å². The number of amides is 1. The van der Waals surface area contributed by atoms with Crippen molar-refractivity contribution in [1.29, 1.82) is 0 Å². The minimum atomic E-state index is 0.0457. The molecule has 0 aromatic heterocycles. The van der Waals surface area contributed by atoms with E-state index in [0.717, 1.165) is 31.8 Å². The summed E-state index contributed by atoms with van der Waals surface area (Å²) in [6, 6.07) is 7.10. The van der Waals surface area contributed by atoms with E-state index in [9.17, 15) is 9.59 Å². The molecule has 1 fully saturated rings. The fraction of sp³-hybridized carbons (Fsp3) is 0.556. The summed E-state index contributed by atoms with van der Waals surface area (Å²) >= 11 is 0. The van der Waals surface area contributed by atoms with Gasteiger partial charge in [0.25, 0.3) is 0 Å². The van der Waals surface area contributed by atoms with Gasteiger partial charge in [-0.3, -0.25) is 9.59 Å². The monoisotopic (exact) mass is 318 g/mol. The van der Waals surface area contributed by atoms with E-state index in [-0.39, 0.29) is 11.7 Å². The molecule has 1 unspecified atom stereocenters. The Bertz CT molecular complexity index is 528. The summed E-state index contributed by atoms with van der Waals surface area (Å²) in [5.41, 5.74) is 0.678.